The fourth-order valence-electron chi connectivity index (χ4n) is 4.23. The first-order valence-corrected chi connectivity index (χ1v) is 12.9. The van der Waals surface area contributed by atoms with Gasteiger partial charge in [0, 0.05) is 61.0 Å². The Labute approximate surface area is 251 Å². The number of amidine groups is 1. The minimum absolute atomic E-state index is 0.0897. The van der Waals surface area contributed by atoms with Crippen molar-refractivity contribution in [3.05, 3.63) is 92.8 Å². The zero-order chi connectivity index (χ0) is 33.5. The maximum absolute atomic E-state index is 13.6. The summed E-state index contributed by atoms with van der Waals surface area (Å²) in [6, 6.07) is 10.8. The molecule has 2 aromatic carbocycles. The Morgan fingerprint density at radius 3 is 2.16 bits per heavy atom. The first-order valence-electron chi connectivity index (χ1n) is 12.9. The first-order chi connectivity index (χ1) is 21.0. The lowest BCUT2D eigenvalue weighted by atomic mass is 10.0. The molecular weight excluding hydrogens is 607 g/mol. The van der Waals surface area contributed by atoms with Crippen LogP contribution in [0.15, 0.2) is 54.7 Å². The topological polar surface area (TPSA) is 235 Å². The number of nitro groups is 1. The molecule has 3 aromatic rings. The number of nitrogens with two attached hydrogens (primary N) is 1. The number of hydrogen-bond donors (Lipinski definition) is 5. The summed E-state index contributed by atoms with van der Waals surface area (Å²) in [6.07, 6.45) is -2.96. The van der Waals surface area contributed by atoms with Gasteiger partial charge in [-0.2, -0.15) is 18.3 Å². The number of aromatic nitrogens is 2. The maximum atomic E-state index is 13.6. The number of aliphatic carboxylic acids is 2. The summed E-state index contributed by atoms with van der Waals surface area (Å²) < 4.78 is 33.1. The van der Waals surface area contributed by atoms with Gasteiger partial charge >= 0.3 is 18.1 Å². The number of non-ortho nitro benzene ring substituents is 1. The average Bonchev–Trinajstić information content (AvgIpc) is 3.37. The van der Waals surface area contributed by atoms with Gasteiger partial charge in [-0.15, -0.1) is 0 Å². The smallest absolute Gasteiger partial charge is 0.480 e. The van der Waals surface area contributed by atoms with E-state index in [9.17, 15) is 37.7 Å². The number of carbonyl (C=O) groups is 4. The second-order valence-electron chi connectivity index (χ2n) is 9.65. The van der Waals surface area contributed by atoms with Crippen LogP contribution in [0.5, 0.6) is 0 Å². The number of nitrogens with zero attached hydrogens (tertiary/aromatic N) is 4. The van der Waals surface area contributed by atoms with Gasteiger partial charge in [-0.1, -0.05) is 24.3 Å². The molecule has 1 atom stereocenters. The summed E-state index contributed by atoms with van der Waals surface area (Å²) in [5.74, 6) is -4.78. The molecule has 1 aliphatic heterocycles. The van der Waals surface area contributed by atoms with Crippen molar-refractivity contribution in [1.29, 1.82) is 5.41 Å². The van der Waals surface area contributed by atoms with Crippen molar-refractivity contribution in [3.63, 3.8) is 0 Å². The Kier molecular flexibility index (Phi) is 10.6. The number of carboxylic acid groups (broad SMARTS) is 2. The number of hydrogen-bond acceptors (Lipinski definition) is 8. The van der Waals surface area contributed by atoms with E-state index in [0.29, 0.717) is 24.1 Å². The van der Waals surface area contributed by atoms with E-state index in [1.165, 1.54) is 53.2 Å². The molecule has 0 bridgehead atoms. The molecule has 2 amide bonds. The van der Waals surface area contributed by atoms with Crippen molar-refractivity contribution >= 4 is 35.3 Å². The molecule has 0 aliphatic carbocycles. The van der Waals surface area contributed by atoms with E-state index in [1.807, 2.05) is 0 Å². The Morgan fingerprint density at radius 2 is 1.64 bits per heavy atom. The molecular formula is C27H26F3N7O8. The van der Waals surface area contributed by atoms with Crippen molar-refractivity contribution in [2.75, 3.05) is 6.54 Å². The van der Waals surface area contributed by atoms with Crippen LogP contribution < -0.4 is 11.1 Å². The van der Waals surface area contributed by atoms with Crippen molar-refractivity contribution in [1.82, 2.24) is 20.0 Å². The third-order valence-corrected chi connectivity index (χ3v) is 6.40. The predicted octanol–water partition coefficient (Wildman–Crippen LogP) is 1.72. The van der Waals surface area contributed by atoms with Crippen molar-refractivity contribution in [2.24, 2.45) is 5.73 Å². The average molecular weight is 634 g/mol. The highest BCUT2D eigenvalue weighted by Gasteiger charge is 2.38. The van der Waals surface area contributed by atoms with E-state index < -0.39 is 35.0 Å². The van der Waals surface area contributed by atoms with Crippen molar-refractivity contribution < 1.29 is 47.5 Å². The van der Waals surface area contributed by atoms with Crippen LogP contribution in [-0.2, 0) is 40.3 Å². The van der Waals surface area contributed by atoms with Crippen molar-refractivity contribution in [2.45, 2.75) is 38.1 Å². The van der Waals surface area contributed by atoms with Gasteiger partial charge in [-0.05, 0) is 17.7 Å². The molecule has 238 valence electrons. The van der Waals surface area contributed by atoms with Crippen LogP contribution in [0.3, 0.4) is 0 Å². The van der Waals surface area contributed by atoms with E-state index in [2.05, 4.69) is 10.4 Å². The summed E-state index contributed by atoms with van der Waals surface area (Å²) in [5.41, 5.74) is 8.17. The molecule has 15 nitrogen and oxygen atoms in total. The number of rotatable bonds is 9. The summed E-state index contributed by atoms with van der Waals surface area (Å²) in [7, 11) is 0. The third kappa shape index (κ3) is 9.34. The summed E-state index contributed by atoms with van der Waals surface area (Å²) in [5, 5.41) is 41.7. The Hall–Kier alpha value is -5.81. The van der Waals surface area contributed by atoms with E-state index in [4.69, 9.17) is 26.2 Å². The van der Waals surface area contributed by atoms with Gasteiger partial charge in [0.1, 0.15) is 18.4 Å². The first kappa shape index (κ1) is 33.7. The molecule has 18 heteroatoms. The van der Waals surface area contributed by atoms with Crippen LogP contribution in [0.25, 0.3) is 0 Å². The zero-order valence-electron chi connectivity index (χ0n) is 23.2. The third-order valence-electron chi connectivity index (χ3n) is 6.40. The highest BCUT2D eigenvalue weighted by molar-refractivity contribution is 5.99. The van der Waals surface area contributed by atoms with Crippen LogP contribution >= 0.6 is 0 Å². The van der Waals surface area contributed by atoms with Gasteiger partial charge in [-0.25, -0.2) is 4.79 Å². The largest absolute Gasteiger partial charge is 0.490 e. The van der Waals surface area contributed by atoms with Gasteiger partial charge < -0.3 is 26.2 Å². The Morgan fingerprint density at radius 1 is 1.07 bits per heavy atom. The molecule has 0 spiro atoms. The predicted molar refractivity (Wildman–Crippen MR) is 148 cm³/mol. The second-order valence-corrected chi connectivity index (χ2v) is 9.65. The molecule has 4 rings (SSSR count). The van der Waals surface area contributed by atoms with Crippen LogP contribution in [0.4, 0.5) is 18.9 Å². The molecule has 1 aromatic heterocycles. The summed E-state index contributed by atoms with van der Waals surface area (Å²) >= 11 is 0. The fourth-order valence-corrected chi connectivity index (χ4v) is 4.23. The number of carboxylic acids is 2. The van der Waals surface area contributed by atoms with E-state index in [1.54, 1.807) is 11.1 Å². The van der Waals surface area contributed by atoms with Crippen LogP contribution in [-0.4, -0.2) is 78.2 Å². The van der Waals surface area contributed by atoms with Gasteiger partial charge in [0.2, 0.25) is 5.91 Å². The summed E-state index contributed by atoms with van der Waals surface area (Å²) in [6.45, 7) is 0.242. The molecule has 1 aliphatic rings. The number of benzene rings is 2. The lowest BCUT2D eigenvalue weighted by molar-refractivity contribution is -0.384. The molecule has 0 radical (unpaired) electrons. The fraction of sp³-hybridized carbons (Fsp3) is 0.259. The molecule has 0 fully saturated rings. The number of nitro benzene ring substituents is 1. The number of nitrogen functional groups attached to an aromatic ring is 1. The maximum Gasteiger partial charge on any atom is 0.490 e. The van der Waals surface area contributed by atoms with Crippen molar-refractivity contribution in [3.8, 4) is 0 Å². The SMILES string of the molecule is N=C(N)c1ccc(C(=O)N[C@@H](Cc2ccc([N+](=O)[O-])cc2)C(=O)N2CCc3nn(CC(=O)O)cc3C2)cc1.O=C(O)C(F)(F)F. The number of alkyl halides is 3. The van der Waals surface area contributed by atoms with Crippen LogP contribution in [0.1, 0.15) is 32.7 Å². The zero-order valence-corrected chi connectivity index (χ0v) is 23.2. The van der Waals surface area contributed by atoms with Crippen LogP contribution in [0.2, 0.25) is 0 Å². The highest BCUT2D eigenvalue weighted by Crippen LogP contribution is 2.20. The Balaban J connectivity index is 0.000000707. The normalized spacial score (nSPS) is 13.0. The van der Waals surface area contributed by atoms with Gasteiger partial charge in [0.05, 0.1) is 10.6 Å². The number of carbonyl (C=O) groups excluding carboxylic acids is 2. The van der Waals surface area contributed by atoms with E-state index in [0.717, 1.165) is 11.3 Å². The molecule has 0 saturated heterocycles. The van der Waals surface area contributed by atoms with E-state index >= 15 is 0 Å². The Bertz CT molecular complexity index is 1610. The standard InChI is InChI=1S/C25H25N7O6.C2HF3O2/c26-23(27)16-3-5-17(6-4-16)24(35)28-21(11-15-1-7-19(8-2-15)32(37)38)25(36)30-10-9-20-18(12-30)13-31(29-20)14-22(33)34;3-2(4,5)1(6)7/h1-8,13,21H,9-12,14H2,(H3,26,27)(H,28,35)(H,33,34);(H,6,7)/t21-;/m0./s1. The second kappa shape index (κ2) is 14.1. The molecule has 0 saturated carbocycles. The molecule has 2 heterocycles. The molecule has 6 N–H and O–H groups in total. The number of nitrogens with one attached hydrogen (secondary N) is 2. The molecule has 45 heavy (non-hydrogen) atoms. The minimum Gasteiger partial charge on any atom is -0.480 e. The monoisotopic (exact) mass is 633 g/mol. The number of halogens is 3. The summed E-state index contributed by atoms with van der Waals surface area (Å²) in [4.78, 5) is 58.6. The lowest BCUT2D eigenvalue weighted by Gasteiger charge is -2.30. The number of amides is 2. The molecule has 0 unspecified atom stereocenters. The van der Waals surface area contributed by atoms with Gasteiger partial charge in [0.25, 0.3) is 11.6 Å². The van der Waals surface area contributed by atoms with Gasteiger partial charge in [0.15, 0.2) is 0 Å². The minimum atomic E-state index is -5.08. The number of fused-ring (bicyclic) bond motifs is 1. The van der Waals surface area contributed by atoms with Crippen LogP contribution in [0, 0.1) is 15.5 Å². The highest BCUT2D eigenvalue weighted by atomic mass is 19.4. The van der Waals surface area contributed by atoms with Gasteiger partial charge in [-0.3, -0.25) is 34.6 Å². The lowest BCUT2D eigenvalue weighted by Crippen LogP contribution is -2.50. The van der Waals surface area contributed by atoms with E-state index in [-0.39, 0.29) is 42.5 Å². The quantitative estimate of drug-likeness (QED) is 0.0990.